The monoisotopic (exact) mass is 285 g/mol. The van der Waals surface area contributed by atoms with Crippen molar-refractivity contribution in [1.29, 1.82) is 0 Å². The first-order chi connectivity index (χ1) is 9.97. The molecule has 2 aromatic rings. The number of carbonyl (C=O) groups is 1. The molecule has 0 radical (unpaired) electrons. The zero-order valence-corrected chi connectivity index (χ0v) is 11.7. The zero-order valence-electron chi connectivity index (χ0n) is 11.7. The SMILES string of the molecule is Cc1ccc(C(=O)N/N=C/c2c(C)cc(O)cc2O)cn1. The van der Waals surface area contributed by atoms with Crippen molar-refractivity contribution in [3.63, 3.8) is 0 Å². The van der Waals surface area contributed by atoms with Crippen LogP contribution >= 0.6 is 0 Å². The fourth-order valence-electron chi connectivity index (χ4n) is 1.75. The molecule has 0 spiro atoms. The number of hydrogen-bond acceptors (Lipinski definition) is 5. The number of nitrogens with one attached hydrogen (secondary N) is 1. The predicted molar refractivity (Wildman–Crippen MR) is 78.5 cm³/mol. The largest absolute Gasteiger partial charge is 0.508 e. The van der Waals surface area contributed by atoms with Gasteiger partial charge in [-0.2, -0.15) is 5.10 Å². The minimum Gasteiger partial charge on any atom is -0.508 e. The van der Waals surface area contributed by atoms with Crippen molar-refractivity contribution in [1.82, 2.24) is 10.4 Å². The van der Waals surface area contributed by atoms with E-state index >= 15 is 0 Å². The molecule has 1 heterocycles. The Morgan fingerprint density at radius 1 is 1.29 bits per heavy atom. The molecule has 108 valence electrons. The van der Waals surface area contributed by atoms with Crippen molar-refractivity contribution in [2.45, 2.75) is 13.8 Å². The lowest BCUT2D eigenvalue weighted by Gasteiger charge is -2.04. The molecule has 2 rings (SSSR count). The minimum absolute atomic E-state index is 0.0306. The van der Waals surface area contributed by atoms with Crippen LogP contribution in [0.25, 0.3) is 0 Å². The Hall–Kier alpha value is -2.89. The topological polar surface area (TPSA) is 94.8 Å². The number of nitrogens with zero attached hydrogens (tertiary/aromatic N) is 2. The van der Waals surface area contributed by atoms with Crippen LogP contribution in [0.4, 0.5) is 0 Å². The van der Waals surface area contributed by atoms with Gasteiger partial charge in [-0.1, -0.05) is 0 Å². The number of hydrogen-bond donors (Lipinski definition) is 3. The van der Waals surface area contributed by atoms with Gasteiger partial charge in [0.1, 0.15) is 11.5 Å². The molecule has 1 aromatic heterocycles. The molecule has 0 unspecified atom stereocenters. The highest BCUT2D eigenvalue weighted by Gasteiger charge is 2.06. The fraction of sp³-hybridized carbons (Fsp3) is 0.133. The third-order valence-electron chi connectivity index (χ3n) is 2.88. The number of aryl methyl sites for hydroxylation is 2. The maximum Gasteiger partial charge on any atom is 0.272 e. The fourth-order valence-corrected chi connectivity index (χ4v) is 1.75. The Kier molecular flexibility index (Phi) is 4.18. The van der Waals surface area contributed by atoms with Gasteiger partial charge in [-0.15, -0.1) is 0 Å². The van der Waals surface area contributed by atoms with Crippen LogP contribution in [-0.2, 0) is 0 Å². The summed E-state index contributed by atoms with van der Waals surface area (Å²) < 4.78 is 0. The summed E-state index contributed by atoms with van der Waals surface area (Å²) in [5.74, 6) is -0.533. The lowest BCUT2D eigenvalue weighted by atomic mass is 10.1. The van der Waals surface area contributed by atoms with Crippen molar-refractivity contribution in [2.75, 3.05) is 0 Å². The van der Waals surface area contributed by atoms with Gasteiger partial charge in [-0.25, -0.2) is 5.43 Å². The van der Waals surface area contributed by atoms with Gasteiger partial charge >= 0.3 is 0 Å². The number of phenolic OH excluding ortho intramolecular Hbond substituents is 2. The highest BCUT2D eigenvalue weighted by atomic mass is 16.3. The first-order valence-corrected chi connectivity index (χ1v) is 6.26. The third kappa shape index (κ3) is 3.56. The van der Waals surface area contributed by atoms with Crippen molar-refractivity contribution in [3.8, 4) is 11.5 Å². The molecule has 6 heteroatoms. The molecule has 3 N–H and O–H groups in total. The van der Waals surface area contributed by atoms with Crippen LogP contribution < -0.4 is 5.43 Å². The van der Waals surface area contributed by atoms with Crippen LogP contribution in [0.3, 0.4) is 0 Å². The van der Waals surface area contributed by atoms with E-state index in [1.54, 1.807) is 19.1 Å². The Balaban J connectivity index is 2.09. The molecule has 0 aliphatic heterocycles. The van der Waals surface area contributed by atoms with Crippen molar-refractivity contribution in [3.05, 3.63) is 52.8 Å². The standard InChI is InChI=1S/C15H15N3O3/c1-9-5-12(19)6-14(20)13(9)8-17-18-15(21)11-4-3-10(2)16-7-11/h3-8,19-20H,1-2H3,(H,18,21)/b17-8+. The molecule has 1 amide bonds. The maximum absolute atomic E-state index is 11.8. The van der Waals surface area contributed by atoms with E-state index in [4.69, 9.17) is 0 Å². The number of pyridine rings is 1. The molecule has 0 saturated heterocycles. The van der Waals surface area contributed by atoms with Crippen molar-refractivity contribution in [2.24, 2.45) is 5.10 Å². The molecular formula is C15H15N3O3. The second-order valence-electron chi connectivity index (χ2n) is 4.58. The van der Waals surface area contributed by atoms with Crippen LogP contribution in [0, 0.1) is 13.8 Å². The number of rotatable bonds is 3. The quantitative estimate of drug-likeness (QED) is 0.592. The summed E-state index contributed by atoms with van der Waals surface area (Å²) in [6, 6.07) is 6.08. The summed E-state index contributed by atoms with van der Waals surface area (Å²) in [7, 11) is 0. The average molecular weight is 285 g/mol. The zero-order chi connectivity index (χ0) is 15.4. The predicted octanol–water partition coefficient (Wildman–Crippen LogP) is 1.87. The summed E-state index contributed by atoms with van der Waals surface area (Å²) in [6.45, 7) is 3.54. The highest BCUT2D eigenvalue weighted by molar-refractivity contribution is 5.95. The molecular weight excluding hydrogens is 270 g/mol. The Morgan fingerprint density at radius 2 is 2.05 bits per heavy atom. The van der Waals surface area contributed by atoms with Crippen molar-refractivity contribution < 1.29 is 15.0 Å². The van der Waals surface area contributed by atoms with E-state index in [0.29, 0.717) is 16.7 Å². The van der Waals surface area contributed by atoms with E-state index in [9.17, 15) is 15.0 Å². The average Bonchev–Trinajstić information content (AvgIpc) is 2.42. The minimum atomic E-state index is -0.394. The maximum atomic E-state index is 11.8. The summed E-state index contributed by atoms with van der Waals surface area (Å²) in [5, 5.41) is 22.8. The van der Waals surface area contributed by atoms with Crippen molar-refractivity contribution >= 4 is 12.1 Å². The van der Waals surface area contributed by atoms with Crippen LogP contribution in [0.2, 0.25) is 0 Å². The second kappa shape index (κ2) is 6.04. The van der Waals surface area contributed by atoms with E-state index in [1.807, 2.05) is 6.92 Å². The van der Waals surface area contributed by atoms with Gasteiger partial charge < -0.3 is 10.2 Å². The van der Waals surface area contributed by atoms with E-state index in [0.717, 1.165) is 5.69 Å². The van der Waals surface area contributed by atoms with E-state index < -0.39 is 5.91 Å². The molecule has 21 heavy (non-hydrogen) atoms. The molecule has 6 nitrogen and oxygen atoms in total. The number of aromatic hydroxyl groups is 2. The number of phenols is 2. The van der Waals surface area contributed by atoms with Crippen LogP contribution in [0.1, 0.15) is 27.2 Å². The Labute approximate surface area is 121 Å². The molecule has 0 fully saturated rings. The molecule has 0 atom stereocenters. The molecule has 1 aromatic carbocycles. The van der Waals surface area contributed by atoms with Gasteiger partial charge in [-0.05, 0) is 37.6 Å². The number of amides is 1. The van der Waals surface area contributed by atoms with Crippen LogP contribution in [0.5, 0.6) is 11.5 Å². The third-order valence-corrected chi connectivity index (χ3v) is 2.88. The number of aromatic nitrogens is 1. The van der Waals surface area contributed by atoms with Crippen LogP contribution in [0.15, 0.2) is 35.6 Å². The van der Waals surface area contributed by atoms with Gasteiger partial charge in [0.2, 0.25) is 0 Å². The number of carbonyl (C=O) groups excluding carboxylic acids is 1. The second-order valence-corrected chi connectivity index (χ2v) is 4.58. The van der Waals surface area contributed by atoms with Gasteiger partial charge in [0.25, 0.3) is 5.91 Å². The lowest BCUT2D eigenvalue weighted by Crippen LogP contribution is -2.17. The smallest absolute Gasteiger partial charge is 0.272 e. The van der Waals surface area contributed by atoms with E-state index in [1.165, 1.54) is 24.5 Å². The first-order valence-electron chi connectivity index (χ1n) is 6.26. The van der Waals surface area contributed by atoms with Gasteiger partial charge in [0.05, 0.1) is 11.8 Å². The van der Waals surface area contributed by atoms with Gasteiger partial charge in [0, 0.05) is 23.5 Å². The molecule has 0 saturated carbocycles. The van der Waals surface area contributed by atoms with E-state index in [-0.39, 0.29) is 11.5 Å². The number of hydrazone groups is 1. The van der Waals surface area contributed by atoms with E-state index in [2.05, 4.69) is 15.5 Å². The Bertz CT molecular complexity index is 671. The lowest BCUT2D eigenvalue weighted by molar-refractivity contribution is 0.0954. The summed E-state index contributed by atoms with van der Waals surface area (Å²) >= 11 is 0. The van der Waals surface area contributed by atoms with Gasteiger partial charge in [-0.3, -0.25) is 9.78 Å². The summed E-state index contributed by atoms with van der Waals surface area (Å²) in [6.07, 6.45) is 2.78. The first kappa shape index (κ1) is 14.5. The molecule has 0 aliphatic rings. The molecule has 0 aliphatic carbocycles. The number of benzene rings is 1. The Morgan fingerprint density at radius 3 is 2.67 bits per heavy atom. The van der Waals surface area contributed by atoms with Crippen LogP contribution in [-0.4, -0.2) is 27.3 Å². The summed E-state index contributed by atoms with van der Waals surface area (Å²) in [4.78, 5) is 15.8. The highest BCUT2D eigenvalue weighted by Crippen LogP contribution is 2.24. The van der Waals surface area contributed by atoms with Gasteiger partial charge in [0.15, 0.2) is 0 Å². The summed E-state index contributed by atoms with van der Waals surface area (Å²) in [5.41, 5.74) is 4.63. The normalized spacial score (nSPS) is 10.8. The molecule has 0 bridgehead atoms.